The summed E-state index contributed by atoms with van der Waals surface area (Å²) in [7, 11) is -3.84. The summed E-state index contributed by atoms with van der Waals surface area (Å²) in [5.41, 5.74) is 6.09. The lowest BCUT2D eigenvalue weighted by Crippen LogP contribution is -2.40. The molecular weight excluding hydrogens is 438 g/mol. The number of nitrogens with two attached hydrogens (primary N) is 1. The topological polar surface area (TPSA) is 130 Å². The summed E-state index contributed by atoms with van der Waals surface area (Å²) in [6.45, 7) is 3.44. The molecule has 0 bridgehead atoms. The molecule has 33 heavy (non-hydrogen) atoms. The highest BCUT2D eigenvalue weighted by Gasteiger charge is 2.31. The van der Waals surface area contributed by atoms with Gasteiger partial charge in [0, 0.05) is 47.8 Å². The fourth-order valence-corrected chi connectivity index (χ4v) is 5.31. The fraction of sp³-hybridized carbons (Fsp3) is 0.250. The highest BCUT2D eigenvalue weighted by atomic mass is 32.2. The summed E-state index contributed by atoms with van der Waals surface area (Å²) in [5.74, 6) is -0.325. The number of carbonyl (C=O) groups excluding carboxylic acids is 1. The molecule has 2 atom stereocenters. The molecular formula is C24H25N5O3S. The van der Waals surface area contributed by atoms with Gasteiger partial charge in [0.25, 0.3) is 0 Å². The molecule has 1 aliphatic carbocycles. The maximum atomic E-state index is 13.3. The van der Waals surface area contributed by atoms with Gasteiger partial charge in [0.1, 0.15) is 0 Å². The average molecular weight is 464 g/mol. The maximum absolute atomic E-state index is 13.3. The summed E-state index contributed by atoms with van der Waals surface area (Å²) in [5, 5.41) is 19.4. The van der Waals surface area contributed by atoms with Crippen LogP contribution in [0.1, 0.15) is 41.3 Å². The van der Waals surface area contributed by atoms with E-state index >= 15 is 0 Å². The van der Waals surface area contributed by atoms with Gasteiger partial charge in [0.05, 0.1) is 16.6 Å². The Balaban J connectivity index is 1.43. The number of benzene rings is 2. The molecule has 3 aromatic rings. The van der Waals surface area contributed by atoms with E-state index < -0.39 is 10.0 Å². The standard InChI is InChI=1S/C24H25N5O3S/c1-14-18(24(30)27-21-13-26-12-16-5-2-3-8-19(16)21)9-10-20-22(14)23(29-28-20)15-6-4-7-17(11-15)33(25,31)32/h2-9,11,14,21,26H,10,12-13H2,1H3,(H,27,30)(H,28,29)(H2,25,31,32). The Morgan fingerprint density at radius 3 is 2.82 bits per heavy atom. The first-order chi connectivity index (χ1) is 15.8. The first kappa shape index (κ1) is 21.6. The Labute approximate surface area is 192 Å². The zero-order chi connectivity index (χ0) is 23.2. The summed E-state index contributed by atoms with van der Waals surface area (Å²) >= 11 is 0. The summed E-state index contributed by atoms with van der Waals surface area (Å²) in [4.78, 5) is 13.3. The van der Waals surface area contributed by atoms with Crippen LogP contribution in [0.4, 0.5) is 0 Å². The van der Waals surface area contributed by atoms with E-state index in [-0.39, 0.29) is 22.8 Å². The fourth-order valence-electron chi connectivity index (χ4n) is 4.75. The lowest BCUT2D eigenvalue weighted by atomic mass is 9.83. The van der Waals surface area contributed by atoms with E-state index in [4.69, 9.17) is 5.14 Å². The molecule has 8 nitrogen and oxygen atoms in total. The number of nitrogens with one attached hydrogen (secondary N) is 3. The molecule has 9 heteroatoms. The van der Waals surface area contributed by atoms with Crippen molar-refractivity contribution < 1.29 is 13.2 Å². The van der Waals surface area contributed by atoms with E-state index in [1.54, 1.807) is 12.1 Å². The SMILES string of the molecule is CC1C(C(=O)NC2CNCc3ccccc32)=CCc2[nH]nc(-c3cccc(S(N)(=O)=O)c3)c21. The molecule has 170 valence electrons. The van der Waals surface area contributed by atoms with Gasteiger partial charge in [-0.1, -0.05) is 49.4 Å². The average Bonchev–Trinajstić information content (AvgIpc) is 3.24. The molecule has 0 spiro atoms. The van der Waals surface area contributed by atoms with Gasteiger partial charge in [-0.05, 0) is 23.3 Å². The van der Waals surface area contributed by atoms with Crippen molar-refractivity contribution in [3.05, 3.63) is 82.6 Å². The number of aromatic nitrogens is 2. The van der Waals surface area contributed by atoms with Crippen molar-refractivity contribution >= 4 is 15.9 Å². The highest BCUT2D eigenvalue weighted by Crippen LogP contribution is 2.38. The largest absolute Gasteiger partial charge is 0.344 e. The molecule has 2 aromatic carbocycles. The predicted octanol–water partition coefficient (Wildman–Crippen LogP) is 2.27. The Hall–Kier alpha value is -3.27. The van der Waals surface area contributed by atoms with Crippen LogP contribution < -0.4 is 15.8 Å². The van der Waals surface area contributed by atoms with Gasteiger partial charge in [0.15, 0.2) is 0 Å². The highest BCUT2D eigenvalue weighted by molar-refractivity contribution is 7.89. The number of primary sulfonamides is 1. The number of rotatable bonds is 4. The van der Waals surface area contributed by atoms with Crippen LogP contribution in [0.2, 0.25) is 0 Å². The third kappa shape index (κ3) is 3.99. The molecule has 5 rings (SSSR count). The van der Waals surface area contributed by atoms with Crippen LogP contribution in [0.5, 0.6) is 0 Å². The molecule has 2 aliphatic rings. The van der Waals surface area contributed by atoms with Gasteiger partial charge < -0.3 is 10.6 Å². The predicted molar refractivity (Wildman–Crippen MR) is 125 cm³/mol. The lowest BCUT2D eigenvalue weighted by Gasteiger charge is -2.29. The van der Waals surface area contributed by atoms with Crippen molar-refractivity contribution in [2.24, 2.45) is 5.14 Å². The monoisotopic (exact) mass is 463 g/mol. The number of allylic oxidation sites excluding steroid dienone is 1. The second kappa shape index (κ2) is 8.26. The van der Waals surface area contributed by atoms with E-state index in [9.17, 15) is 13.2 Å². The van der Waals surface area contributed by atoms with Crippen LogP contribution in [0, 0.1) is 0 Å². The molecule has 5 N–H and O–H groups in total. The van der Waals surface area contributed by atoms with Gasteiger partial charge in [-0.3, -0.25) is 9.89 Å². The maximum Gasteiger partial charge on any atom is 0.248 e. The zero-order valence-electron chi connectivity index (χ0n) is 18.1. The van der Waals surface area contributed by atoms with Crippen molar-refractivity contribution in [3.63, 3.8) is 0 Å². The van der Waals surface area contributed by atoms with Crippen molar-refractivity contribution in [2.45, 2.75) is 36.7 Å². The van der Waals surface area contributed by atoms with Crippen molar-refractivity contribution in [1.82, 2.24) is 20.8 Å². The van der Waals surface area contributed by atoms with Gasteiger partial charge >= 0.3 is 0 Å². The number of carbonyl (C=O) groups is 1. The summed E-state index contributed by atoms with van der Waals surface area (Å²) in [6, 6.07) is 14.4. The minimum atomic E-state index is -3.84. The summed E-state index contributed by atoms with van der Waals surface area (Å²) < 4.78 is 23.6. The normalized spacial score (nSPS) is 19.9. The van der Waals surface area contributed by atoms with E-state index in [2.05, 4.69) is 33.0 Å². The number of hydrogen-bond acceptors (Lipinski definition) is 5. The molecule has 1 aromatic heterocycles. The first-order valence-corrected chi connectivity index (χ1v) is 12.4. The minimum Gasteiger partial charge on any atom is -0.344 e. The summed E-state index contributed by atoms with van der Waals surface area (Å²) in [6.07, 6.45) is 2.48. The lowest BCUT2D eigenvalue weighted by molar-refractivity contribution is -0.118. The van der Waals surface area contributed by atoms with Crippen LogP contribution >= 0.6 is 0 Å². The third-order valence-electron chi connectivity index (χ3n) is 6.41. The number of aromatic amines is 1. The van der Waals surface area contributed by atoms with E-state index in [1.807, 2.05) is 25.1 Å². The molecule has 0 saturated heterocycles. The number of amides is 1. The number of nitrogens with zero attached hydrogens (tertiary/aromatic N) is 1. The van der Waals surface area contributed by atoms with Gasteiger partial charge in [-0.25, -0.2) is 13.6 Å². The second-order valence-corrected chi connectivity index (χ2v) is 10.0. The van der Waals surface area contributed by atoms with Crippen molar-refractivity contribution in [2.75, 3.05) is 6.54 Å². The van der Waals surface area contributed by atoms with Crippen LogP contribution in [0.15, 0.2) is 65.1 Å². The van der Waals surface area contributed by atoms with Crippen molar-refractivity contribution in [1.29, 1.82) is 0 Å². The van der Waals surface area contributed by atoms with E-state index in [1.165, 1.54) is 17.7 Å². The molecule has 0 fully saturated rings. The molecule has 1 aliphatic heterocycles. The second-order valence-electron chi connectivity index (χ2n) is 8.48. The smallest absolute Gasteiger partial charge is 0.248 e. The Bertz CT molecular complexity index is 1380. The minimum absolute atomic E-state index is 0.0252. The molecule has 0 saturated carbocycles. The van der Waals surface area contributed by atoms with E-state index in [0.29, 0.717) is 29.8 Å². The van der Waals surface area contributed by atoms with Crippen LogP contribution in [-0.2, 0) is 27.8 Å². The van der Waals surface area contributed by atoms with Gasteiger partial charge in [-0.15, -0.1) is 0 Å². The van der Waals surface area contributed by atoms with Gasteiger partial charge in [-0.2, -0.15) is 5.10 Å². The number of H-pyrrole nitrogens is 1. The Morgan fingerprint density at radius 2 is 2.00 bits per heavy atom. The molecule has 1 amide bonds. The van der Waals surface area contributed by atoms with Crippen LogP contribution in [0.25, 0.3) is 11.3 Å². The first-order valence-electron chi connectivity index (χ1n) is 10.8. The Kier molecular flexibility index (Phi) is 5.40. The molecule has 2 unspecified atom stereocenters. The quantitative estimate of drug-likeness (QED) is 0.472. The van der Waals surface area contributed by atoms with Gasteiger partial charge in [0.2, 0.25) is 15.9 Å². The van der Waals surface area contributed by atoms with Crippen LogP contribution in [0.3, 0.4) is 0 Å². The Morgan fingerprint density at radius 1 is 1.18 bits per heavy atom. The number of fused-ring (bicyclic) bond motifs is 2. The third-order valence-corrected chi connectivity index (χ3v) is 7.32. The van der Waals surface area contributed by atoms with E-state index in [0.717, 1.165) is 23.4 Å². The van der Waals surface area contributed by atoms with Crippen molar-refractivity contribution in [3.8, 4) is 11.3 Å². The molecule has 0 radical (unpaired) electrons. The molecule has 2 heterocycles. The number of sulfonamides is 1. The number of hydrogen-bond donors (Lipinski definition) is 4. The zero-order valence-corrected chi connectivity index (χ0v) is 18.9. The van der Waals surface area contributed by atoms with Crippen LogP contribution in [-0.4, -0.2) is 31.1 Å².